The van der Waals surface area contributed by atoms with Gasteiger partial charge in [-0.05, 0) is 51.5 Å². The number of pyridine rings is 1. The zero-order valence-electron chi connectivity index (χ0n) is 26.2. The van der Waals surface area contributed by atoms with Gasteiger partial charge in [-0.15, -0.1) is 76.5 Å². The first-order valence-electron chi connectivity index (χ1n) is 15.2. The molecule has 8 rings (SSSR count). The van der Waals surface area contributed by atoms with Crippen molar-refractivity contribution < 1.29 is 24.7 Å². The molecular formula is C41H35IrN3+. The van der Waals surface area contributed by atoms with Crippen LogP contribution >= 0.6 is 0 Å². The topological polar surface area (TPSA) is 21.7 Å². The number of fused-ring (bicyclic) bond motifs is 3. The number of hydrogen-bond acceptors (Lipinski definition) is 1. The van der Waals surface area contributed by atoms with E-state index in [1.54, 1.807) is 6.20 Å². The van der Waals surface area contributed by atoms with E-state index < -0.39 is 0 Å². The number of rotatable bonds is 2. The molecule has 1 aliphatic heterocycles. The first-order chi connectivity index (χ1) is 21.2. The second-order valence-corrected chi connectivity index (χ2v) is 13.0. The molecule has 0 aliphatic carbocycles. The van der Waals surface area contributed by atoms with Gasteiger partial charge in [-0.1, -0.05) is 89.2 Å². The molecule has 3 nitrogen and oxygen atoms in total. The van der Waals surface area contributed by atoms with Crippen molar-refractivity contribution in [3.63, 3.8) is 0 Å². The molecule has 7 aromatic rings. The van der Waals surface area contributed by atoms with Crippen LogP contribution in [0.25, 0.3) is 44.4 Å². The van der Waals surface area contributed by atoms with Gasteiger partial charge < -0.3 is 9.55 Å². The summed E-state index contributed by atoms with van der Waals surface area (Å²) in [4.78, 5) is 4.22. The molecule has 0 unspecified atom stereocenters. The minimum Gasteiger partial charge on any atom is -0.308 e. The maximum atomic E-state index is 4.22. The Morgan fingerprint density at radius 1 is 0.778 bits per heavy atom. The van der Waals surface area contributed by atoms with Crippen molar-refractivity contribution in [3.8, 4) is 22.6 Å². The van der Waals surface area contributed by atoms with Crippen LogP contribution in [0.4, 0.5) is 0 Å². The van der Waals surface area contributed by atoms with Gasteiger partial charge in [0, 0.05) is 6.20 Å². The molecule has 0 bridgehead atoms. The molecule has 0 spiro atoms. The SMILES string of the molecule is CC(C)(C)c1ccc(-n2[c-][n+]3c4c(cccc42)C(C)(C)c2cc4ccccc4[c-]c2-3)cc1.[Ir+3].[c-]1ccccc1-c1ccccn1. The van der Waals surface area contributed by atoms with Crippen LogP contribution in [0.2, 0.25) is 0 Å². The predicted octanol–water partition coefficient (Wildman–Crippen LogP) is 9.14. The molecule has 222 valence electrons. The van der Waals surface area contributed by atoms with E-state index in [2.05, 4.69) is 140 Å². The Hall–Kier alpha value is -4.37. The van der Waals surface area contributed by atoms with Gasteiger partial charge >= 0.3 is 20.1 Å². The molecule has 0 N–H and O–H groups in total. The van der Waals surface area contributed by atoms with Gasteiger partial charge in [0.2, 0.25) is 0 Å². The summed E-state index contributed by atoms with van der Waals surface area (Å²) < 4.78 is 4.41. The fourth-order valence-electron chi connectivity index (χ4n) is 6.15. The van der Waals surface area contributed by atoms with Gasteiger partial charge in [0.15, 0.2) is 0 Å². The second-order valence-electron chi connectivity index (χ2n) is 13.0. The minimum atomic E-state index is -0.120. The predicted molar refractivity (Wildman–Crippen MR) is 179 cm³/mol. The largest absolute Gasteiger partial charge is 3.00 e. The molecule has 0 radical (unpaired) electrons. The van der Waals surface area contributed by atoms with Crippen LogP contribution < -0.4 is 4.57 Å². The zero-order valence-corrected chi connectivity index (χ0v) is 28.6. The summed E-state index contributed by atoms with van der Waals surface area (Å²) in [6, 6.07) is 46.9. The van der Waals surface area contributed by atoms with Crippen LogP contribution in [0.15, 0.2) is 121 Å². The van der Waals surface area contributed by atoms with Gasteiger partial charge in [0.1, 0.15) is 0 Å². The maximum Gasteiger partial charge on any atom is 3.00 e. The Bertz CT molecular complexity index is 2070. The quantitative estimate of drug-likeness (QED) is 0.127. The molecule has 2 aromatic heterocycles. The third kappa shape index (κ3) is 5.54. The molecule has 0 fully saturated rings. The van der Waals surface area contributed by atoms with Gasteiger partial charge in [0.25, 0.3) is 6.33 Å². The second kappa shape index (κ2) is 11.9. The van der Waals surface area contributed by atoms with Crippen LogP contribution in [0.1, 0.15) is 51.3 Å². The normalized spacial score (nSPS) is 13.0. The molecule has 0 atom stereocenters. The first kappa shape index (κ1) is 30.6. The smallest absolute Gasteiger partial charge is 0.308 e. The Morgan fingerprint density at radius 3 is 2.24 bits per heavy atom. The number of nitrogens with zero attached hydrogens (tertiary/aromatic N) is 3. The van der Waals surface area contributed by atoms with E-state index in [0.717, 1.165) is 28.0 Å². The van der Waals surface area contributed by atoms with Crippen LogP contribution in [0.5, 0.6) is 0 Å². The van der Waals surface area contributed by atoms with E-state index in [1.165, 1.54) is 33.1 Å². The Balaban J connectivity index is 0.000000231. The summed E-state index contributed by atoms with van der Waals surface area (Å²) in [7, 11) is 0. The average molecular weight is 762 g/mol. The first-order valence-corrected chi connectivity index (χ1v) is 15.2. The van der Waals surface area contributed by atoms with E-state index >= 15 is 0 Å². The molecule has 4 heteroatoms. The van der Waals surface area contributed by atoms with E-state index in [1.807, 2.05) is 42.5 Å². The van der Waals surface area contributed by atoms with Crippen LogP contribution in [-0.4, -0.2) is 9.55 Å². The van der Waals surface area contributed by atoms with Crippen molar-refractivity contribution in [3.05, 3.63) is 157 Å². The average Bonchev–Trinajstić information content (AvgIpc) is 3.44. The molecule has 5 aromatic carbocycles. The summed E-state index contributed by atoms with van der Waals surface area (Å²) in [5.41, 5.74) is 10.6. The monoisotopic (exact) mass is 762 g/mol. The summed E-state index contributed by atoms with van der Waals surface area (Å²) in [5.74, 6) is 0. The molecule has 0 saturated heterocycles. The molecule has 1 aliphatic rings. The summed E-state index contributed by atoms with van der Waals surface area (Å²) in [6.07, 6.45) is 5.45. The number of hydrogen-bond donors (Lipinski definition) is 0. The molecule has 3 heterocycles. The van der Waals surface area contributed by atoms with Crippen molar-refractivity contribution in [1.82, 2.24) is 9.55 Å². The molecule has 45 heavy (non-hydrogen) atoms. The van der Waals surface area contributed by atoms with E-state index in [4.69, 9.17) is 0 Å². The summed E-state index contributed by atoms with van der Waals surface area (Å²) >= 11 is 0. The number of aromatic nitrogens is 3. The Labute approximate surface area is 279 Å². The Morgan fingerprint density at radius 2 is 1.53 bits per heavy atom. The molecular weight excluding hydrogens is 727 g/mol. The van der Waals surface area contributed by atoms with E-state index in [9.17, 15) is 0 Å². The van der Waals surface area contributed by atoms with Crippen molar-refractivity contribution in [2.24, 2.45) is 0 Å². The molecule has 0 amide bonds. The van der Waals surface area contributed by atoms with Crippen molar-refractivity contribution in [2.45, 2.75) is 45.4 Å². The van der Waals surface area contributed by atoms with Gasteiger partial charge in [0.05, 0.1) is 16.7 Å². The molecule has 0 saturated carbocycles. The number of imidazole rings is 1. The zero-order chi connectivity index (χ0) is 30.5. The van der Waals surface area contributed by atoms with E-state index in [0.29, 0.717) is 0 Å². The Kier molecular flexibility index (Phi) is 8.07. The number of para-hydroxylation sites is 1. The van der Waals surface area contributed by atoms with Crippen molar-refractivity contribution in [1.29, 1.82) is 0 Å². The fourth-order valence-corrected chi connectivity index (χ4v) is 6.15. The van der Waals surface area contributed by atoms with Crippen LogP contribution in [0.3, 0.4) is 0 Å². The van der Waals surface area contributed by atoms with E-state index in [-0.39, 0.29) is 30.9 Å². The summed E-state index contributed by atoms with van der Waals surface area (Å²) in [6.45, 7) is 11.4. The number of benzene rings is 5. The van der Waals surface area contributed by atoms with Crippen molar-refractivity contribution >= 4 is 21.8 Å². The maximum absolute atomic E-state index is 4.22. The third-order valence-electron chi connectivity index (χ3n) is 8.66. The minimum absolute atomic E-state index is 0. The van der Waals surface area contributed by atoms with Crippen molar-refractivity contribution in [2.75, 3.05) is 0 Å². The standard InChI is InChI=1S/C30H27N2.C11H8N.Ir/c1-29(2,3)22-13-15-23(16-14-22)31-19-32-27-18-21-10-7-6-9-20(21)17-25(27)30(4,5)24-11-8-12-26(31)28(24)32;1-2-6-10(7-3-1)11-8-4-5-9-12-11;/h6-17H,1-5H3;1-6,8-9H;/q2*-1;+3. The van der Waals surface area contributed by atoms with Gasteiger partial charge in [-0.25, -0.2) is 0 Å². The fraction of sp³-hybridized carbons (Fsp3) is 0.171. The summed E-state index contributed by atoms with van der Waals surface area (Å²) in [5, 5.41) is 2.37. The van der Waals surface area contributed by atoms with Gasteiger partial charge in [-0.2, -0.15) is 0 Å². The third-order valence-corrected chi connectivity index (χ3v) is 8.66. The van der Waals surface area contributed by atoms with Gasteiger partial charge in [-0.3, -0.25) is 4.57 Å². The van der Waals surface area contributed by atoms with Crippen LogP contribution in [-0.2, 0) is 30.9 Å². The van der Waals surface area contributed by atoms with Crippen LogP contribution in [0, 0.1) is 18.5 Å².